The summed E-state index contributed by atoms with van der Waals surface area (Å²) in [6.45, 7) is 0.444. The van der Waals surface area contributed by atoms with Gasteiger partial charge in [-0.3, -0.25) is 4.57 Å². The fourth-order valence-electron chi connectivity index (χ4n) is 1.05. The number of amides is 1. The van der Waals surface area contributed by atoms with Crippen molar-refractivity contribution >= 4 is 6.03 Å². The Balaban J connectivity index is 1.77. The number of nitrogens with one attached hydrogen (secondary N) is 1. The van der Waals surface area contributed by atoms with Crippen LogP contribution in [0.25, 0.3) is 0 Å². The lowest BCUT2D eigenvalue weighted by molar-refractivity contribution is 0.242. The van der Waals surface area contributed by atoms with Crippen LogP contribution in [0.5, 0.6) is 0 Å². The monoisotopic (exact) mass is 207 g/mol. The molecule has 15 heavy (non-hydrogen) atoms. The lowest BCUT2D eigenvalue weighted by Crippen LogP contribution is -2.29. The van der Waals surface area contributed by atoms with Crippen LogP contribution in [0.1, 0.15) is 5.89 Å². The number of hydrogen-bond acceptors (Lipinski definition) is 5. The summed E-state index contributed by atoms with van der Waals surface area (Å²) in [5, 5.41) is 6.14. The molecule has 0 bridgehead atoms. The van der Waals surface area contributed by atoms with E-state index in [4.69, 9.17) is 4.52 Å². The molecular weight excluding hydrogens is 198 g/mol. The Hall–Kier alpha value is -2.18. The highest BCUT2D eigenvalue weighted by Gasteiger charge is 2.03. The molecule has 2 rings (SSSR count). The van der Waals surface area contributed by atoms with Crippen molar-refractivity contribution in [1.29, 1.82) is 0 Å². The molecule has 1 N–H and O–H groups in total. The van der Waals surface area contributed by atoms with E-state index in [0.717, 1.165) is 0 Å². The summed E-state index contributed by atoms with van der Waals surface area (Å²) in [6, 6.07) is -0.230. The van der Waals surface area contributed by atoms with E-state index in [2.05, 4.69) is 20.4 Å². The molecule has 7 heteroatoms. The molecule has 0 aliphatic carbocycles. The lowest BCUT2D eigenvalue weighted by atomic mass is 10.4. The first-order chi connectivity index (χ1) is 7.36. The average Bonchev–Trinajstić information content (AvgIpc) is 2.90. The number of carbonyl (C=O) groups is 1. The molecule has 0 saturated heterocycles. The lowest BCUT2D eigenvalue weighted by Gasteiger charge is -2.02. The summed E-state index contributed by atoms with van der Waals surface area (Å²) in [6.07, 6.45) is 6.38. The fourth-order valence-corrected chi connectivity index (χ4v) is 1.05. The maximum atomic E-state index is 11.4. The van der Waals surface area contributed by atoms with Crippen LogP contribution in [0.3, 0.4) is 0 Å². The summed E-state index contributed by atoms with van der Waals surface area (Å²) in [5.74, 6) is 0.501. The molecule has 0 aromatic carbocycles. The molecule has 2 heterocycles. The van der Waals surface area contributed by atoms with Crippen molar-refractivity contribution in [3.8, 4) is 0 Å². The smallest absolute Gasteiger partial charge is 0.326 e. The normalized spacial score (nSPS) is 10.1. The van der Waals surface area contributed by atoms with Gasteiger partial charge in [0.05, 0.1) is 0 Å². The van der Waals surface area contributed by atoms with E-state index in [-0.39, 0.29) is 6.03 Å². The fraction of sp³-hybridized carbons (Fsp3) is 0.250. The van der Waals surface area contributed by atoms with Crippen LogP contribution in [0.4, 0.5) is 4.79 Å². The van der Waals surface area contributed by atoms with Gasteiger partial charge < -0.3 is 9.84 Å². The molecule has 78 valence electrons. The third-order valence-corrected chi connectivity index (χ3v) is 1.76. The highest BCUT2D eigenvalue weighted by Crippen LogP contribution is 1.91. The van der Waals surface area contributed by atoms with E-state index < -0.39 is 0 Å². The van der Waals surface area contributed by atoms with E-state index in [0.29, 0.717) is 18.9 Å². The van der Waals surface area contributed by atoms with E-state index >= 15 is 0 Å². The van der Waals surface area contributed by atoms with Crippen LogP contribution in [0, 0.1) is 0 Å². The van der Waals surface area contributed by atoms with Crippen molar-refractivity contribution < 1.29 is 9.32 Å². The molecule has 0 aliphatic heterocycles. The zero-order valence-electron chi connectivity index (χ0n) is 7.83. The van der Waals surface area contributed by atoms with Crippen molar-refractivity contribution in [1.82, 2.24) is 25.0 Å². The maximum Gasteiger partial charge on any atom is 0.326 e. The predicted molar refractivity (Wildman–Crippen MR) is 49.0 cm³/mol. The van der Waals surface area contributed by atoms with Gasteiger partial charge in [0.25, 0.3) is 0 Å². The zero-order chi connectivity index (χ0) is 10.5. The minimum absolute atomic E-state index is 0.230. The van der Waals surface area contributed by atoms with Gasteiger partial charge in [-0.25, -0.2) is 9.78 Å². The van der Waals surface area contributed by atoms with Crippen molar-refractivity contribution in [2.75, 3.05) is 6.54 Å². The predicted octanol–water partition coefficient (Wildman–Crippen LogP) is 0.0665. The van der Waals surface area contributed by atoms with Gasteiger partial charge >= 0.3 is 6.03 Å². The second-order valence-electron chi connectivity index (χ2n) is 2.79. The van der Waals surface area contributed by atoms with Crippen molar-refractivity contribution in [3.05, 3.63) is 30.9 Å². The van der Waals surface area contributed by atoms with Crippen molar-refractivity contribution in [2.45, 2.75) is 6.42 Å². The third kappa shape index (κ3) is 2.39. The van der Waals surface area contributed by atoms with Crippen LogP contribution in [-0.2, 0) is 6.42 Å². The highest BCUT2D eigenvalue weighted by molar-refractivity contribution is 5.76. The van der Waals surface area contributed by atoms with E-state index in [1.165, 1.54) is 23.4 Å². The van der Waals surface area contributed by atoms with Crippen molar-refractivity contribution in [3.63, 3.8) is 0 Å². The molecule has 0 radical (unpaired) electrons. The first-order valence-electron chi connectivity index (χ1n) is 4.38. The van der Waals surface area contributed by atoms with E-state index in [1.54, 1.807) is 6.20 Å². The SMILES string of the molecule is O=C(NCCc1ncno1)n1ccnc1. The molecular formula is C8H9N5O2. The van der Waals surface area contributed by atoms with Crippen LogP contribution < -0.4 is 5.32 Å². The Bertz CT molecular complexity index is 408. The summed E-state index contributed by atoms with van der Waals surface area (Å²) in [7, 11) is 0. The number of hydrogen-bond donors (Lipinski definition) is 1. The number of imidazole rings is 1. The summed E-state index contributed by atoms with van der Waals surface area (Å²) < 4.78 is 6.13. The van der Waals surface area contributed by atoms with E-state index in [1.807, 2.05) is 0 Å². The Labute approximate surface area is 85.1 Å². The summed E-state index contributed by atoms with van der Waals surface area (Å²) in [5.41, 5.74) is 0. The molecule has 2 aromatic heterocycles. The number of carbonyl (C=O) groups excluding carboxylic acids is 1. The van der Waals surface area contributed by atoms with Crippen LogP contribution >= 0.6 is 0 Å². The van der Waals surface area contributed by atoms with Gasteiger partial charge in [-0.1, -0.05) is 5.16 Å². The molecule has 0 fully saturated rings. The van der Waals surface area contributed by atoms with Crippen LogP contribution in [0.2, 0.25) is 0 Å². The molecule has 7 nitrogen and oxygen atoms in total. The minimum atomic E-state index is -0.230. The number of nitrogens with zero attached hydrogens (tertiary/aromatic N) is 4. The van der Waals surface area contributed by atoms with Gasteiger partial charge in [0.1, 0.15) is 6.33 Å². The number of aromatic nitrogens is 4. The van der Waals surface area contributed by atoms with Gasteiger partial charge in [0.2, 0.25) is 5.89 Å². The molecule has 0 aliphatic rings. The Morgan fingerprint density at radius 2 is 2.53 bits per heavy atom. The van der Waals surface area contributed by atoms with Gasteiger partial charge in [0.15, 0.2) is 6.33 Å². The van der Waals surface area contributed by atoms with Gasteiger partial charge in [0, 0.05) is 25.4 Å². The molecule has 2 aromatic rings. The first kappa shape index (κ1) is 9.38. The Kier molecular flexibility index (Phi) is 2.72. The molecule has 0 unspecified atom stereocenters. The Morgan fingerprint density at radius 1 is 1.60 bits per heavy atom. The zero-order valence-corrected chi connectivity index (χ0v) is 7.83. The standard InChI is InChI=1S/C8H9N5O2/c14-8(13-4-3-9-6-13)10-2-1-7-11-5-12-15-7/h3-6H,1-2H2,(H,10,14). The average molecular weight is 207 g/mol. The largest absolute Gasteiger partial charge is 0.340 e. The van der Waals surface area contributed by atoms with Crippen molar-refractivity contribution in [2.24, 2.45) is 0 Å². The quantitative estimate of drug-likeness (QED) is 0.769. The maximum absolute atomic E-state index is 11.4. The Morgan fingerprint density at radius 3 is 3.20 bits per heavy atom. The topological polar surface area (TPSA) is 85.8 Å². The second-order valence-corrected chi connectivity index (χ2v) is 2.79. The minimum Gasteiger partial charge on any atom is -0.340 e. The molecule has 1 amide bonds. The first-order valence-corrected chi connectivity index (χ1v) is 4.38. The molecule has 0 atom stereocenters. The van der Waals surface area contributed by atoms with E-state index in [9.17, 15) is 4.79 Å². The summed E-state index contributed by atoms with van der Waals surface area (Å²) in [4.78, 5) is 19.0. The van der Waals surface area contributed by atoms with Crippen LogP contribution in [-0.4, -0.2) is 32.3 Å². The number of rotatable bonds is 3. The second kappa shape index (κ2) is 4.36. The molecule has 0 spiro atoms. The highest BCUT2D eigenvalue weighted by atomic mass is 16.5. The van der Waals surface area contributed by atoms with Gasteiger partial charge in [-0.15, -0.1) is 0 Å². The van der Waals surface area contributed by atoms with Crippen LogP contribution in [0.15, 0.2) is 29.6 Å². The van der Waals surface area contributed by atoms with Gasteiger partial charge in [-0.05, 0) is 0 Å². The molecule has 0 saturated carbocycles. The third-order valence-electron chi connectivity index (χ3n) is 1.76. The van der Waals surface area contributed by atoms with Gasteiger partial charge in [-0.2, -0.15) is 4.98 Å². The summed E-state index contributed by atoms with van der Waals surface area (Å²) >= 11 is 0.